The average molecular weight is 421 g/mol. The lowest BCUT2D eigenvalue weighted by Crippen LogP contribution is -2.41. The first-order valence-electron chi connectivity index (χ1n) is 11.3. The van der Waals surface area contributed by atoms with Crippen LogP contribution in [-0.4, -0.2) is 24.6 Å². The second kappa shape index (κ2) is 12.1. The molecule has 1 atom stereocenters. The number of unbranched alkanes of at least 4 members (excludes halogenated alkanes) is 6. The Labute approximate surface area is 185 Å². The van der Waals surface area contributed by atoms with Crippen molar-refractivity contribution in [2.45, 2.75) is 63.9 Å². The first kappa shape index (κ1) is 22.8. The van der Waals surface area contributed by atoms with Gasteiger partial charge in [-0.1, -0.05) is 92.4 Å². The minimum Gasteiger partial charge on any atom is -0.466 e. The van der Waals surface area contributed by atoms with Crippen LogP contribution in [0.5, 0.6) is 0 Å². The van der Waals surface area contributed by atoms with Gasteiger partial charge in [0, 0.05) is 6.92 Å². The van der Waals surface area contributed by atoms with E-state index in [0.29, 0.717) is 6.61 Å². The van der Waals surface area contributed by atoms with Gasteiger partial charge in [0.05, 0.1) is 18.1 Å². The molecule has 0 saturated carbocycles. The van der Waals surface area contributed by atoms with Gasteiger partial charge in [0.15, 0.2) is 0 Å². The van der Waals surface area contributed by atoms with Crippen molar-refractivity contribution in [3.05, 3.63) is 83.4 Å². The maximum atomic E-state index is 12.2. The summed E-state index contributed by atoms with van der Waals surface area (Å²) in [6.07, 6.45) is 9.27. The summed E-state index contributed by atoms with van der Waals surface area (Å²) in [5.41, 5.74) is 3.12. The fourth-order valence-corrected chi connectivity index (χ4v) is 4.04. The van der Waals surface area contributed by atoms with Gasteiger partial charge in [0.25, 0.3) is 0 Å². The molecular weight excluding hydrogens is 388 g/mol. The van der Waals surface area contributed by atoms with Crippen molar-refractivity contribution in [2.24, 2.45) is 0 Å². The molecule has 2 aromatic rings. The molecule has 31 heavy (non-hydrogen) atoms. The second-order valence-corrected chi connectivity index (χ2v) is 8.03. The Morgan fingerprint density at radius 2 is 1.45 bits per heavy atom. The third-order valence-corrected chi connectivity index (χ3v) is 5.66. The van der Waals surface area contributed by atoms with Crippen molar-refractivity contribution in [3.63, 3.8) is 0 Å². The molecule has 1 saturated heterocycles. The lowest BCUT2D eigenvalue weighted by Gasteiger charge is -2.36. The van der Waals surface area contributed by atoms with Crippen LogP contribution in [-0.2, 0) is 19.1 Å². The van der Waals surface area contributed by atoms with Crippen molar-refractivity contribution in [3.8, 4) is 0 Å². The fraction of sp³-hybridized carbons (Fsp3) is 0.407. The number of ether oxygens (including phenoxy) is 2. The van der Waals surface area contributed by atoms with Gasteiger partial charge in [-0.15, -0.1) is 0 Å². The molecule has 1 heterocycles. The topological polar surface area (TPSA) is 52.6 Å². The molecule has 3 rings (SSSR count). The zero-order valence-corrected chi connectivity index (χ0v) is 18.3. The minimum atomic E-state index is -0.224. The number of cyclic esters (lactones) is 1. The predicted octanol–water partition coefficient (Wildman–Crippen LogP) is 5.96. The molecule has 1 aliphatic heterocycles. The van der Waals surface area contributed by atoms with E-state index in [4.69, 9.17) is 9.47 Å². The van der Waals surface area contributed by atoms with E-state index in [9.17, 15) is 9.59 Å². The summed E-state index contributed by atoms with van der Waals surface area (Å²) < 4.78 is 10.6. The fourth-order valence-electron chi connectivity index (χ4n) is 4.04. The van der Waals surface area contributed by atoms with Gasteiger partial charge >= 0.3 is 11.9 Å². The van der Waals surface area contributed by atoms with E-state index in [1.165, 1.54) is 6.92 Å². The van der Waals surface area contributed by atoms with Gasteiger partial charge in [0.2, 0.25) is 0 Å². The number of allylic oxidation sites excluding steroid dienone is 1. The van der Waals surface area contributed by atoms with Crippen LogP contribution in [0.1, 0.15) is 68.9 Å². The van der Waals surface area contributed by atoms with Crippen molar-refractivity contribution in [2.75, 3.05) is 6.61 Å². The molecule has 0 aromatic heterocycles. The molecule has 164 valence electrons. The summed E-state index contributed by atoms with van der Waals surface area (Å²) in [7, 11) is 0. The number of carbonyl (C=O) groups excluding carboxylic acids is 2. The van der Waals surface area contributed by atoms with Crippen molar-refractivity contribution in [1.29, 1.82) is 0 Å². The largest absolute Gasteiger partial charge is 0.466 e. The predicted molar refractivity (Wildman–Crippen MR) is 122 cm³/mol. The highest BCUT2D eigenvalue weighted by molar-refractivity contribution is 5.96. The molecule has 2 aromatic carbocycles. The molecule has 0 radical (unpaired) electrons. The molecule has 1 aliphatic rings. The van der Waals surface area contributed by atoms with Gasteiger partial charge in [-0.05, 0) is 30.4 Å². The Morgan fingerprint density at radius 1 is 0.903 bits per heavy atom. The highest BCUT2D eigenvalue weighted by Gasteiger charge is 2.42. The van der Waals surface area contributed by atoms with Gasteiger partial charge in [-0.2, -0.15) is 0 Å². The van der Waals surface area contributed by atoms with Crippen LogP contribution in [0.4, 0.5) is 0 Å². The Morgan fingerprint density at radius 3 is 2.00 bits per heavy atom. The van der Waals surface area contributed by atoms with Crippen molar-refractivity contribution >= 4 is 11.9 Å². The van der Waals surface area contributed by atoms with E-state index in [2.05, 4.69) is 30.3 Å². The zero-order chi connectivity index (χ0) is 21.9. The normalized spacial score (nSPS) is 16.8. The standard InChI is InChI=1S/C27H32O4/c1-21(28)30-20-14-6-4-2-3-5-13-19-24-26(31-27(24)29)25(22-15-9-7-10-16-22)23-17-11-8-12-18-23/h7-12,15-19,25-26H,2-6,13-14,20H2,1H3/b24-19-. The second-order valence-electron chi connectivity index (χ2n) is 8.03. The monoisotopic (exact) mass is 420 g/mol. The molecule has 4 heteroatoms. The van der Waals surface area contributed by atoms with Crippen LogP contribution >= 0.6 is 0 Å². The summed E-state index contributed by atoms with van der Waals surface area (Å²) in [6.45, 7) is 1.97. The van der Waals surface area contributed by atoms with Gasteiger partial charge in [-0.3, -0.25) is 4.79 Å². The Kier molecular flexibility index (Phi) is 8.89. The zero-order valence-electron chi connectivity index (χ0n) is 18.3. The summed E-state index contributed by atoms with van der Waals surface area (Å²) in [4.78, 5) is 22.9. The quantitative estimate of drug-likeness (QED) is 0.241. The number of hydrogen-bond donors (Lipinski definition) is 0. The summed E-state index contributed by atoms with van der Waals surface area (Å²) in [5, 5.41) is 0. The SMILES string of the molecule is CC(=O)OCCCCCCCC/C=C1\C(=O)OC1C(c1ccccc1)c1ccccc1. The van der Waals surface area contributed by atoms with Crippen LogP contribution in [0.3, 0.4) is 0 Å². The van der Waals surface area contributed by atoms with E-state index in [0.717, 1.165) is 61.6 Å². The van der Waals surface area contributed by atoms with E-state index >= 15 is 0 Å². The highest BCUT2D eigenvalue weighted by atomic mass is 16.6. The van der Waals surface area contributed by atoms with E-state index in [-0.39, 0.29) is 24.0 Å². The van der Waals surface area contributed by atoms with E-state index in [1.807, 2.05) is 36.4 Å². The number of hydrogen-bond acceptors (Lipinski definition) is 4. The molecular formula is C27H32O4. The summed E-state index contributed by atoms with van der Waals surface area (Å²) >= 11 is 0. The number of rotatable bonds is 12. The van der Waals surface area contributed by atoms with Crippen molar-refractivity contribution < 1.29 is 19.1 Å². The maximum Gasteiger partial charge on any atom is 0.338 e. The lowest BCUT2D eigenvalue weighted by molar-refractivity contribution is -0.157. The molecule has 0 aliphatic carbocycles. The molecule has 1 fully saturated rings. The Bertz CT molecular complexity index is 818. The Hall–Kier alpha value is -2.88. The summed E-state index contributed by atoms with van der Waals surface area (Å²) in [6, 6.07) is 20.5. The molecule has 1 unspecified atom stereocenters. The van der Waals surface area contributed by atoms with Crippen LogP contribution < -0.4 is 0 Å². The van der Waals surface area contributed by atoms with E-state index in [1.54, 1.807) is 0 Å². The van der Waals surface area contributed by atoms with Crippen LogP contribution in [0.15, 0.2) is 72.3 Å². The van der Waals surface area contributed by atoms with Crippen LogP contribution in [0, 0.1) is 0 Å². The van der Waals surface area contributed by atoms with Gasteiger partial charge in [-0.25, -0.2) is 4.79 Å². The first-order valence-corrected chi connectivity index (χ1v) is 11.3. The van der Waals surface area contributed by atoms with Crippen LogP contribution in [0.2, 0.25) is 0 Å². The van der Waals surface area contributed by atoms with E-state index < -0.39 is 0 Å². The molecule has 0 spiro atoms. The highest BCUT2D eigenvalue weighted by Crippen LogP contribution is 2.39. The number of esters is 2. The van der Waals surface area contributed by atoms with Crippen molar-refractivity contribution in [1.82, 2.24) is 0 Å². The van der Waals surface area contributed by atoms with Gasteiger partial charge in [0.1, 0.15) is 6.10 Å². The third kappa shape index (κ3) is 6.81. The maximum absolute atomic E-state index is 12.2. The summed E-state index contributed by atoms with van der Waals surface area (Å²) in [5.74, 6) is -0.376. The third-order valence-electron chi connectivity index (χ3n) is 5.66. The molecule has 4 nitrogen and oxygen atoms in total. The molecule has 0 bridgehead atoms. The number of benzene rings is 2. The Balaban J connectivity index is 1.50. The van der Waals surface area contributed by atoms with Crippen LogP contribution in [0.25, 0.3) is 0 Å². The average Bonchev–Trinajstić information content (AvgIpc) is 2.78. The first-order chi connectivity index (χ1) is 15.2. The lowest BCUT2D eigenvalue weighted by atomic mass is 9.80. The molecule has 0 N–H and O–H groups in total. The number of carbonyl (C=O) groups is 2. The smallest absolute Gasteiger partial charge is 0.338 e. The minimum absolute atomic E-state index is 0.0172. The van der Waals surface area contributed by atoms with Gasteiger partial charge < -0.3 is 9.47 Å². The molecule has 0 amide bonds.